The Morgan fingerprint density at radius 2 is 1.25 bits per heavy atom. The molecule has 4 nitrogen and oxygen atoms in total. The lowest BCUT2D eigenvalue weighted by molar-refractivity contribution is -0.125. The van der Waals surface area contributed by atoms with Gasteiger partial charge < -0.3 is 20.9 Å². The Hall–Kier alpha value is 0.420. The molecule has 0 aromatic rings. The second kappa shape index (κ2) is 8.04. The third-order valence-corrected chi connectivity index (χ3v) is 1.56. The normalized spacial score (nSPS) is 28.5. The van der Waals surface area contributed by atoms with Gasteiger partial charge in [0.05, 0.1) is 25.4 Å². The highest BCUT2D eigenvalue weighted by atomic mass is 35.5. The van der Waals surface area contributed by atoms with Crippen molar-refractivity contribution in [1.82, 2.24) is 0 Å². The lowest BCUT2D eigenvalue weighted by Crippen LogP contribution is -2.42. The van der Waals surface area contributed by atoms with Crippen molar-refractivity contribution in [2.45, 2.75) is 12.2 Å². The SMILES string of the molecule is Cl.Cl.NC[C@@H]1CO[C@@H](CN)CO1. The topological polar surface area (TPSA) is 70.5 Å². The fourth-order valence-corrected chi connectivity index (χ4v) is 0.855. The van der Waals surface area contributed by atoms with Gasteiger partial charge in [0.15, 0.2) is 0 Å². The summed E-state index contributed by atoms with van der Waals surface area (Å²) in [6.45, 7) is 2.21. The number of nitrogens with two attached hydrogens (primary N) is 2. The third-order valence-electron chi connectivity index (χ3n) is 1.56. The van der Waals surface area contributed by atoms with Gasteiger partial charge in [-0.05, 0) is 0 Å². The average molecular weight is 219 g/mol. The van der Waals surface area contributed by atoms with Crippen molar-refractivity contribution < 1.29 is 9.47 Å². The van der Waals surface area contributed by atoms with Gasteiger partial charge in [-0.1, -0.05) is 0 Å². The molecule has 1 fully saturated rings. The zero-order chi connectivity index (χ0) is 7.40. The Morgan fingerprint density at radius 3 is 1.42 bits per heavy atom. The van der Waals surface area contributed by atoms with Crippen molar-refractivity contribution in [2.75, 3.05) is 26.3 Å². The van der Waals surface area contributed by atoms with Gasteiger partial charge in [-0.25, -0.2) is 0 Å². The zero-order valence-corrected chi connectivity index (χ0v) is 8.40. The summed E-state index contributed by atoms with van der Waals surface area (Å²) in [5.41, 5.74) is 10.7. The molecule has 1 saturated heterocycles. The maximum absolute atomic E-state index is 5.35. The molecule has 2 atom stereocenters. The fraction of sp³-hybridized carbons (Fsp3) is 1.00. The van der Waals surface area contributed by atoms with Crippen molar-refractivity contribution in [1.29, 1.82) is 0 Å². The minimum absolute atomic E-state index is 0. The second-order valence-electron chi connectivity index (χ2n) is 2.38. The Kier molecular flexibility index (Phi) is 9.99. The van der Waals surface area contributed by atoms with E-state index in [9.17, 15) is 0 Å². The molecule has 12 heavy (non-hydrogen) atoms. The number of halogens is 2. The Balaban J connectivity index is 0. The first kappa shape index (κ1) is 14.9. The number of hydrogen-bond donors (Lipinski definition) is 2. The maximum Gasteiger partial charge on any atom is 0.0931 e. The van der Waals surface area contributed by atoms with Crippen molar-refractivity contribution >= 4 is 24.8 Å². The molecule has 0 bridgehead atoms. The number of hydrogen-bond acceptors (Lipinski definition) is 4. The van der Waals surface area contributed by atoms with E-state index in [-0.39, 0.29) is 37.0 Å². The van der Waals surface area contributed by atoms with Gasteiger partial charge in [0.1, 0.15) is 0 Å². The molecule has 0 aromatic carbocycles. The quantitative estimate of drug-likeness (QED) is 0.658. The summed E-state index contributed by atoms with van der Waals surface area (Å²) >= 11 is 0. The molecule has 0 aliphatic carbocycles. The molecule has 1 rings (SSSR count). The van der Waals surface area contributed by atoms with Crippen LogP contribution in [0.4, 0.5) is 0 Å². The summed E-state index contributed by atoms with van der Waals surface area (Å²) in [5, 5.41) is 0. The van der Waals surface area contributed by atoms with E-state index in [1.165, 1.54) is 0 Å². The van der Waals surface area contributed by atoms with Crippen LogP contribution in [0.2, 0.25) is 0 Å². The van der Waals surface area contributed by atoms with Gasteiger partial charge in [-0.15, -0.1) is 24.8 Å². The minimum Gasteiger partial charge on any atom is -0.372 e. The molecule has 0 amide bonds. The van der Waals surface area contributed by atoms with Crippen molar-refractivity contribution in [2.24, 2.45) is 11.5 Å². The average Bonchev–Trinajstić information content (AvgIpc) is 2.05. The monoisotopic (exact) mass is 218 g/mol. The Morgan fingerprint density at radius 1 is 0.917 bits per heavy atom. The molecular formula is C6H16Cl2N2O2. The molecule has 4 N–H and O–H groups in total. The lowest BCUT2D eigenvalue weighted by Gasteiger charge is -2.27. The first-order valence-corrected chi connectivity index (χ1v) is 3.50. The maximum atomic E-state index is 5.35. The van der Waals surface area contributed by atoms with E-state index < -0.39 is 0 Å². The summed E-state index contributed by atoms with van der Waals surface area (Å²) < 4.78 is 10.6. The standard InChI is InChI=1S/C6H14N2O2.2ClH/c7-1-5-3-10-6(2-8)4-9-5;;/h5-6H,1-4,7-8H2;2*1H/t5-,6+;;. The van der Waals surface area contributed by atoms with Crippen molar-refractivity contribution in [3.63, 3.8) is 0 Å². The van der Waals surface area contributed by atoms with Gasteiger partial charge in [-0.2, -0.15) is 0 Å². The second-order valence-corrected chi connectivity index (χ2v) is 2.38. The lowest BCUT2D eigenvalue weighted by atomic mass is 10.3. The molecule has 0 spiro atoms. The molecular weight excluding hydrogens is 203 g/mol. The van der Waals surface area contributed by atoms with Crippen LogP contribution in [0.15, 0.2) is 0 Å². The smallest absolute Gasteiger partial charge is 0.0931 e. The van der Waals surface area contributed by atoms with Crippen molar-refractivity contribution in [3.8, 4) is 0 Å². The molecule has 76 valence electrons. The summed E-state index contributed by atoms with van der Waals surface area (Å²) in [5.74, 6) is 0. The molecule has 1 aliphatic rings. The summed E-state index contributed by atoms with van der Waals surface area (Å²) in [6, 6.07) is 0. The fourth-order valence-electron chi connectivity index (χ4n) is 0.855. The molecule has 0 aromatic heterocycles. The summed E-state index contributed by atoms with van der Waals surface area (Å²) in [4.78, 5) is 0. The van der Waals surface area contributed by atoms with E-state index in [2.05, 4.69) is 0 Å². The van der Waals surface area contributed by atoms with Gasteiger partial charge in [0.25, 0.3) is 0 Å². The van der Waals surface area contributed by atoms with Gasteiger partial charge in [0, 0.05) is 13.1 Å². The number of rotatable bonds is 2. The van der Waals surface area contributed by atoms with Crippen LogP contribution >= 0.6 is 24.8 Å². The highest BCUT2D eigenvalue weighted by Gasteiger charge is 2.19. The highest BCUT2D eigenvalue weighted by Crippen LogP contribution is 2.04. The van der Waals surface area contributed by atoms with Crippen LogP contribution in [0.5, 0.6) is 0 Å². The predicted octanol–water partition coefficient (Wildman–Crippen LogP) is -0.469. The first-order valence-electron chi connectivity index (χ1n) is 3.50. The Bertz CT molecular complexity index is 87.5. The van der Waals surface area contributed by atoms with E-state index in [1.807, 2.05) is 0 Å². The third kappa shape index (κ3) is 4.45. The van der Waals surface area contributed by atoms with E-state index in [1.54, 1.807) is 0 Å². The highest BCUT2D eigenvalue weighted by molar-refractivity contribution is 5.85. The molecule has 6 heteroatoms. The van der Waals surface area contributed by atoms with Crippen LogP contribution < -0.4 is 11.5 Å². The summed E-state index contributed by atoms with van der Waals surface area (Å²) in [6.07, 6.45) is 0.144. The van der Waals surface area contributed by atoms with Crippen LogP contribution in [-0.2, 0) is 9.47 Å². The molecule has 1 heterocycles. The van der Waals surface area contributed by atoms with Crippen LogP contribution in [-0.4, -0.2) is 38.5 Å². The van der Waals surface area contributed by atoms with Gasteiger partial charge in [-0.3, -0.25) is 0 Å². The van der Waals surface area contributed by atoms with Crippen LogP contribution in [0.3, 0.4) is 0 Å². The first-order chi connectivity index (χ1) is 4.86. The van der Waals surface area contributed by atoms with E-state index in [4.69, 9.17) is 20.9 Å². The van der Waals surface area contributed by atoms with Crippen LogP contribution in [0.25, 0.3) is 0 Å². The van der Waals surface area contributed by atoms with E-state index in [0.717, 1.165) is 0 Å². The predicted molar refractivity (Wildman–Crippen MR) is 52.1 cm³/mol. The van der Waals surface area contributed by atoms with Crippen LogP contribution in [0, 0.1) is 0 Å². The van der Waals surface area contributed by atoms with Crippen molar-refractivity contribution in [3.05, 3.63) is 0 Å². The zero-order valence-electron chi connectivity index (χ0n) is 6.77. The van der Waals surface area contributed by atoms with E-state index >= 15 is 0 Å². The summed E-state index contributed by atoms with van der Waals surface area (Å²) in [7, 11) is 0. The van der Waals surface area contributed by atoms with Crippen LogP contribution in [0.1, 0.15) is 0 Å². The molecule has 1 aliphatic heterocycles. The van der Waals surface area contributed by atoms with Gasteiger partial charge >= 0.3 is 0 Å². The molecule has 0 saturated carbocycles. The van der Waals surface area contributed by atoms with Gasteiger partial charge in [0.2, 0.25) is 0 Å². The Labute approximate surface area is 84.8 Å². The molecule has 0 radical (unpaired) electrons. The molecule has 0 unspecified atom stereocenters. The minimum atomic E-state index is 0. The van der Waals surface area contributed by atoms with E-state index in [0.29, 0.717) is 26.3 Å². The largest absolute Gasteiger partial charge is 0.372 e. The number of ether oxygens (including phenoxy) is 2.